The van der Waals surface area contributed by atoms with Crippen molar-refractivity contribution in [2.45, 2.75) is 38.6 Å². The van der Waals surface area contributed by atoms with Crippen LogP contribution in [0.3, 0.4) is 0 Å². The molecule has 2 aromatic carbocycles. The van der Waals surface area contributed by atoms with Crippen LogP contribution < -0.4 is 4.90 Å². The Morgan fingerprint density at radius 1 is 1.28 bits per heavy atom. The van der Waals surface area contributed by atoms with Gasteiger partial charge in [0.15, 0.2) is 0 Å². The lowest BCUT2D eigenvalue weighted by molar-refractivity contribution is 0.395. The highest BCUT2D eigenvalue weighted by Gasteiger charge is 2.34. The molecule has 1 atom stereocenters. The van der Waals surface area contributed by atoms with Crippen LogP contribution in [-0.4, -0.2) is 12.6 Å². The minimum absolute atomic E-state index is 0.106. The summed E-state index contributed by atoms with van der Waals surface area (Å²) in [5, 5.41) is 10.2. The Kier molecular flexibility index (Phi) is 4.62. The summed E-state index contributed by atoms with van der Waals surface area (Å²) in [6.07, 6.45) is 2.98. The molecule has 1 aliphatic heterocycles. The van der Waals surface area contributed by atoms with E-state index in [-0.39, 0.29) is 5.54 Å². The lowest BCUT2D eigenvalue weighted by atomic mass is 9.80. The molecule has 0 aromatic heterocycles. The van der Waals surface area contributed by atoms with Crippen molar-refractivity contribution in [3.63, 3.8) is 0 Å². The van der Waals surface area contributed by atoms with Crippen molar-refractivity contribution in [2.24, 2.45) is 0 Å². The second-order valence-electron chi connectivity index (χ2n) is 7.45. The first kappa shape index (κ1) is 17.6. The van der Waals surface area contributed by atoms with E-state index >= 15 is 0 Å². The Balaban J connectivity index is 2.10. The first-order valence-corrected chi connectivity index (χ1v) is 8.96. The molecule has 2 nitrogen and oxygen atoms in total. The Labute approximate surface area is 155 Å². The van der Waals surface area contributed by atoms with Crippen LogP contribution in [0.25, 0.3) is 11.6 Å². The summed E-state index contributed by atoms with van der Waals surface area (Å²) in [6, 6.07) is 16.2. The molecule has 128 valence electrons. The van der Waals surface area contributed by atoms with Crippen LogP contribution in [0.15, 0.2) is 42.5 Å². The van der Waals surface area contributed by atoms with E-state index in [1.807, 2.05) is 42.5 Å². The van der Waals surface area contributed by atoms with Crippen LogP contribution in [-0.2, 0) is 0 Å². The van der Waals surface area contributed by atoms with E-state index in [0.717, 1.165) is 17.5 Å². The molecule has 0 unspecified atom stereocenters. The van der Waals surface area contributed by atoms with Gasteiger partial charge in [0, 0.05) is 23.3 Å². The summed E-state index contributed by atoms with van der Waals surface area (Å²) in [5.74, 6) is 0.452. The van der Waals surface area contributed by atoms with Crippen molar-refractivity contribution < 1.29 is 0 Å². The van der Waals surface area contributed by atoms with Crippen LogP contribution in [0.1, 0.15) is 49.8 Å². The third-order valence-electron chi connectivity index (χ3n) is 5.26. The molecule has 0 N–H and O–H groups in total. The molecular weight excluding hydrogens is 328 g/mol. The monoisotopic (exact) mass is 350 g/mol. The molecule has 3 heteroatoms. The molecule has 1 aliphatic rings. The highest BCUT2D eigenvalue weighted by Crippen LogP contribution is 2.44. The molecule has 0 saturated carbocycles. The van der Waals surface area contributed by atoms with E-state index in [1.54, 1.807) is 0 Å². The maximum atomic E-state index is 9.56. The van der Waals surface area contributed by atoms with Crippen molar-refractivity contribution in [1.29, 1.82) is 5.26 Å². The molecule has 25 heavy (non-hydrogen) atoms. The molecule has 0 saturated heterocycles. The summed E-state index contributed by atoms with van der Waals surface area (Å²) in [4.78, 5) is 2.31. The first-order chi connectivity index (χ1) is 11.8. The third kappa shape index (κ3) is 3.30. The third-order valence-corrected chi connectivity index (χ3v) is 5.58. The van der Waals surface area contributed by atoms with Gasteiger partial charge in [-0.25, -0.2) is 0 Å². The number of rotatable bonds is 2. The molecule has 0 fully saturated rings. The lowest BCUT2D eigenvalue weighted by Gasteiger charge is -2.45. The van der Waals surface area contributed by atoms with Gasteiger partial charge < -0.3 is 4.90 Å². The number of hydrogen-bond acceptors (Lipinski definition) is 2. The largest absolute Gasteiger partial charge is 0.369 e. The molecule has 0 bridgehead atoms. The minimum atomic E-state index is 0.106. The summed E-state index contributed by atoms with van der Waals surface area (Å²) in [7, 11) is 2.13. The topological polar surface area (TPSA) is 27.0 Å². The SMILES string of the molecule is C[C@H]1CC(C)(C)N(C)c2cc(Cl)c(/C=C(\C#N)c3ccccc3)cc21. The summed E-state index contributed by atoms with van der Waals surface area (Å²) < 4.78 is 0. The number of allylic oxidation sites excluding steroid dienone is 1. The second kappa shape index (κ2) is 6.58. The number of anilines is 1. The molecule has 0 spiro atoms. The summed E-state index contributed by atoms with van der Waals surface area (Å²) in [6.45, 7) is 6.78. The van der Waals surface area contributed by atoms with Gasteiger partial charge in [0.1, 0.15) is 0 Å². The number of benzene rings is 2. The minimum Gasteiger partial charge on any atom is -0.369 e. The summed E-state index contributed by atoms with van der Waals surface area (Å²) >= 11 is 6.58. The molecular formula is C22H23ClN2. The fraction of sp³-hybridized carbons (Fsp3) is 0.318. The van der Waals surface area contributed by atoms with Crippen molar-refractivity contribution in [3.05, 3.63) is 64.2 Å². The van der Waals surface area contributed by atoms with E-state index in [9.17, 15) is 5.26 Å². The zero-order chi connectivity index (χ0) is 18.2. The van der Waals surface area contributed by atoms with Gasteiger partial charge in [-0.1, -0.05) is 48.9 Å². The van der Waals surface area contributed by atoms with Crippen molar-refractivity contribution >= 4 is 28.9 Å². The Morgan fingerprint density at radius 3 is 2.60 bits per heavy atom. The molecule has 0 radical (unpaired) electrons. The predicted molar refractivity (Wildman–Crippen MR) is 107 cm³/mol. The van der Waals surface area contributed by atoms with Gasteiger partial charge in [0.25, 0.3) is 0 Å². The van der Waals surface area contributed by atoms with Crippen molar-refractivity contribution in [1.82, 2.24) is 0 Å². The lowest BCUT2D eigenvalue weighted by Crippen LogP contribution is -2.45. The van der Waals surface area contributed by atoms with Gasteiger partial charge in [0.2, 0.25) is 0 Å². The van der Waals surface area contributed by atoms with Gasteiger partial charge in [-0.2, -0.15) is 5.26 Å². The van der Waals surface area contributed by atoms with Gasteiger partial charge in [-0.3, -0.25) is 0 Å². The molecule has 3 rings (SSSR count). The van der Waals surface area contributed by atoms with Crippen LogP contribution in [0.4, 0.5) is 5.69 Å². The number of nitriles is 1. The number of nitrogens with zero attached hydrogens (tertiary/aromatic N) is 2. The predicted octanol–water partition coefficient (Wildman–Crippen LogP) is 6.13. The molecule has 0 amide bonds. The first-order valence-electron chi connectivity index (χ1n) is 8.58. The van der Waals surface area contributed by atoms with E-state index in [0.29, 0.717) is 16.5 Å². The number of fused-ring (bicyclic) bond motifs is 1. The molecule has 2 aromatic rings. The maximum absolute atomic E-state index is 9.56. The van der Waals surface area contributed by atoms with Crippen molar-refractivity contribution in [3.8, 4) is 6.07 Å². The fourth-order valence-corrected chi connectivity index (χ4v) is 3.88. The highest BCUT2D eigenvalue weighted by molar-refractivity contribution is 6.32. The Morgan fingerprint density at radius 2 is 1.96 bits per heavy atom. The quantitative estimate of drug-likeness (QED) is 0.481. The van der Waals surface area contributed by atoms with Gasteiger partial charge in [-0.15, -0.1) is 0 Å². The average molecular weight is 351 g/mol. The maximum Gasteiger partial charge on any atom is 0.0998 e. The van der Waals surface area contributed by atoms with Crippen molar-refractivity contribution in [2.75, 3.05) is 11.9 Å². The summed E-state index contributed by atoms with van der Waals surface area (Å²) in [5.41, 5.74) is 5.02. The zero-order valence-electron chi connectivity index (χ0n) is 15.2. The highest BCUT2D eigenvalue weighted by atomic mass is 35.5. The van der Waals surface area contributed by atoms with E-state index in [1.165, 1.54) is 11.3 Å². The van der Waals surface area contributed by atoms with Crippen LogP contribution in [0, 0.1) is 11.3 Å². The standard InChI is InChI=1S/C22H23ClN2/c1-15-13-22(2,3)25(4)21-12-20(23)17(11-19(15)21)10-18(14-24)16-8-6-5-7-9-16/h5-12,15H,13H2,1-4H3/b18-10+/t15-/m0/s1. The fourth-order valence-electron chi connectivity index (χ4n) is 3.67. The average Bonchev–Trinajstić information content (AvgIpc) is 2.59. The van der Waals surface area contributed by atoms with Crippen LogP contribution >= 0.6 is 11.6 Å². The van der Waals surface area contributed by atoms with E-state index in [2.05, 4.69) is 44.9 Å². The second-order valence-corrected chi connectivity index (χ2v) is 7.85. The number of halogens is 1. The molecule has 1 heterocycles. The normalized spacial score (nSPS) is 19.3. The smallest absolute Gasteiger partial charge is 0.0998 e. The van der Waals surface area contributed by atoms with Gasteiger partial charge in [0.05, 0.1) is 11.6 Å². The van der Waals surface area contributed by atoms with Gasteiger partial charge >= 0.3 is 0 Å². The van der Waals surface area contributed by atoms with Gasteiger partial charge in [-0.05, 0) is 61.1 Å². The Hall–Kier alpha value is -2.24. The van der Waals surface area contributed by atoms with Crippen LogP contribution in [0.5, 0.6) is 0 Å². The zero-order valence-corrected chi connectivity index (χ0v) is 15.9. The molecule has 0 aliphatic carbocycles. The van der Waals surface area contributed by atoms with E-state index < -0.39 is 0 Å². The Bertz CT molecular complexity index is 860. The van der Waals surface area contributed by atoms with E-state index in [4.69, 9.17) is 11.6 Å². The number of hydrogen-bond donors (Lipinski definition) is 0. The van der Waals surface area contributed by atoms with Crippen LogP contribution in [0.2, 0.25) is 5.02 Å².